The number of hydrogen-bond donors (Lipinski definition) is 3. The highest BCUT2D eigenvalue weighted by atomic mass is 16.1. The third-order valence-corrected chi connectivity index (χ3v) is 2.54. The highest BCUT2D eigenvalue weighted by molar-refractivity contribution is 5.80. The number of aromatic nitrogens is 2. The molecule has 0 radical (unpaired) electrons. The molecule has 0 spiro atoms. The Labute approximate surface area is 107 Å². The normalized spacial score (nSPS) is 10.0. The van der Waals surface area contributed by atoms with E-state index in [2.05, 4.69) is 20.7 Å². The Morgan fingerprint density at radius 1 is 1.44 bits per heavy atom. The lowest BCUT2D eigenvalue weighted by molar-refractivity contribution is -0.119. The first kappa shape index (κ1) is 14.2. The second-order valence-electron chi connectivity index (χ2n) is 3.71. The van der Waals surface area contributed by atoms with Gasteiger partial charge in [0.05, 0.1) is 6.54 Å². The Morgan fingerprint density at radius 3 is 2.67 bits per heavy atom. The summed E-state index contributed by atoms with van der Waals surface area (Å²) in [4.78, 5) is 21.9. The monoisotopic (exact) mass is 252 g/mol. The molecule has 0 bridgehead atoms. The van der Waals surface area contributed by atoms with Crippen molar-refractivity contribution in [2.45, 2.75) is 20.3 Å². The number of nitrogens with zero attached hydrogens (tertiary/aromatic N) is 3. The lowest BCUT2D eigenvalue weighted by Gasteiger charge is -2.21. The van der Waals surface area contributed by atoms with Crippen molar-refractivity contribution in [2.24, 2.45) is 5.84 Å². The maximum absolute atomic E-state index is 11.4. The maximum Gasteiger partial charge on any atom is 0.239 e. The van der Waals surface area contributed by atoms with Crippen LogP contribution in [0.15, 0.2) is 6.07 Å². The minimum atomic E-state index is -0.0595. The van der Waals surface area contributed by atoms with Gasteiger partial charge in [0.1, 0.15) is 17.5 Å². The summed E-state index contributed by atoms with van der Waals surface area (Å²) >= 11 is 0. The van der Waals surface area contributed by atoms with Crippen LogP contribution in [0.1, 0.15) is 19.7 Å². The smallest absolute Gasteiger partial charge is 0.239 e. The number of hydrogen-bond acceptors (Lipinski definition) is 6. The van der Waals surface area contributed by atoms with E-state index in [0.717, 1.165) is 0 Å². The predicted octanol–water partition coefficient (Wildman–Crippen LogP) is -0.103. The maximum atomic E-state index is 11.4. The van der Waals surface area contributed by atoms with E-state index in [9.17, 15) is 4.79 Å². The summed E-state index contributed by atoms with van der Waals surface area (Å²) in [5, 5.41) is 2.59. The third-order valence-electron chi connectivity index (χ3n) is 2.54. The first-order valence-corrected chi connectivity index (χ1v) is 5.94. The molecule has 0 atom stereocenters. The fourth-order valence-corrected chi connectivity index (χ4v) is 1.48. The van der Waals surface area contributed by atoms with E-state index in [1.54, 1.807) is 13.1 Å². The topological polar surface area (TPSA) is 96.2 Å². The van der Waals surface area contributed by atoms with Crippen LogP contribution in [-0.2, 0) is 11.2 Å². The van der Waals surface area contributed by atoms with Crippen molar-refractivity contribution < 1.29 is 4.79 Å². The summed E-state index contributed by atoms with van der Waals surface area (Å²) in [6.07, 6.45) is 0.708. The molecule has 1 aromatic rings. The number of nitrogens with one attached hydrogen (secondary N) is 2. The average molecular weight is 252 g/mol. The first-order chi connectivity index (χ1) is 8.64. The highest BCUT2D eigenvalue weighted by Crippen LogP contribution is 2.15. The number of nitrogen functional groups attached to an aromatic ring is 1. The van der Waals surface area contributed by atoms with E-state index in [1.807, 2.05) is 18.7 Å². The summed E-state index contributed by atoms with van der Waals surface area (Å²) < 4.78 is 0. The molecule has 0 aliphatic heterocycles. The molecule has 0 aliphatic rings. The number of nitrogens with two attached hydrogens (primary N) is 1. The van der Waals surface area contributed by atoms with Gasteiger partial charge in [-0.15, -0.1) is 0 Å². The Morgan fingerprint density at radius 2 is 2.17 bits per heavy atom. The average Bonchev–Trinajstić information content (AvgIpc) is 2.43. The van der Waals surface area contributed by atoms with Gasteiger partial charge in [0.15, 0.2) is 0 Å². The van der Waals surface area contributed by atoms with E-state index < -0.39 is 0 Å². The zero-order chi connectivity index (χ0) is 13.5. The van der Waals surface area contributed by atoms with Crippen LogP contribution in [0.5, 0.6) is 0 Å². The van der Waals surface area contributed by atoms with E-state index >= 15 is 0 Å². The number of amides is 1. The number of hydrazine groups is 1. The van der Waals surface area contributed by atoms with E-state index in [1.165, 1.54) is 0 Å². The Kier molecular flexibility index (Phi) is 5.31. The van der Waals surface area contributed by atoms with Crippen LogP contribution in [0.2, 0.25) is 0 Å². The predicted molar refractivity (Wildman–Crippen MR) is 71.2 cm³/mol. The number of aryl methyl sites for hydroxylation is 1. The van der Waals surface area contributed by atoms with Gasteiger partial charge in [0, 0.05) is 26.1 Å². The standard InChI is InChI=1S/C11H20N6O/c1-4-8-14-9(16-12)6-10(15-8)17(5-2)7-11(18)13-3/h6H,4-5,7,12H2,1-3H3,(H,13,18)(H,14,15,16). The van der Waals surface area contributed by atoms with Gasteiger partial charge in [-0.25, -0.2) is 15.8 Å². The molecule has 7 heteroatoms. The van der Waals surface area contributed by atoms with Crippen LogP contribution in [0.3, 0.4) is 0 Å². The van der Waals surface area contributed by atoms with Crippen molar-refractivity contribution in [1.82, 2.24) is 15.3 Å². The molecular weight excluding hydrogens is 232 g/mol. The summed E-state index contributed by atoms with van der Waals surface area (Å²) in [6, 6.07) is 1.73. The van der Waals surface area contributed by atoms with E-state index in [-0.39, 0.29) is 12.5 Å². The van der Waals surface area contributed by atoms with Crippen LogP contribution < -0.4 is 21.5 Å². The quantitative estimate of drug-likeness (QED) is 0.483. The summed E-state index contributed by atoms with van der Waals surface area (Å²) in [5.74, 6) is 7.25. The molecule has 1 aromatic heterocycles. The summed E-state index contributed by atoms with van der Waals surface area (Å²) in [5.41, 5.74) is 2.51. The number of carbonyl (C=O) groups excluding carboxylic acids is 1. The molecule has 1 amide bonds. The SMILES string of the molecule is CCc1nc(NN)cc(N(CC)CC(=O)NC)n1. The van der Waals surface area contributed by atoms with Gasteiger partial charge in [0.25, 0.3) is 0 Å². The molecule has 0 saturated carbocycles. The Hall–Kier alpha value is -1.89. The fraction of sp³-hybridized carbons (Fsp3) is 0.545. The van der Waals surface area contributed by atoms with Gasteiger partial charge in [-0.2, -0.15) is 0 Å². The van der Waals surface area contributed by atoms with Crippen molar-refractivity contribution in [3.8, 4) is 0 Å². The molecule has 1 rings (SSSR count). The van der Waals surface area contributed by atoms with Gasteiger partial charge in [-0.1, -0.05) is 6.92 Å². The Balaban J connectivity index is 3.00. The number of likely N-dealkylation sites (N-methyl/N-ethyl adjacent to an activating group) is 2. The van der Waals surface area contributed by atoms with Crippen LogP contribution >= 0.6 is 0 Å². The Bertz CT molecular complexity index is 386. The molecule has 18 heavy (non-hydrogen) atoms. The molecule has 0 unspecified atom stereocenters. The minimum Gasteiger partial charge on any atom is -0.358 e. The van der Waals surface area contributed by atoms with Crippen LogP contribution in [-0.4, -0.2) is 36.0 Å². The van der Waals surface area contributed by atoms with Crippen molar-refractivity contribution in [2.75, 3.05) is 30.5 Å². The van der Waals surface area contributed by atoms with E-state index in [0.29, 0.717) is 30.4 Å². The van der Waals surface area contributed by atoms with Crippen LogP contribution in [0.4, 0.5) is 11.6 Å². The molecule has 7 nitrogen and oxygen atoms in total. The number of anilines is 2. The number of carbonyl (C=O) groups is 1. The van der Waals surface area contributed by atoms with Gasteiger partial charge in [0.2, 0.25) is 5.91 Å². The molecule has 0 saturated heterocycles. The van der Waals surface area contributed by atoms with Crippen LogP contribution in [0.25, 0.3) is 0 Å². The molecule has 1 heterocycles. The largest absolute Gasteiger partial charge is 0.358 e. The summed E-state index contributed by atoms with van der Waals surface area (Å²) in [7, 11) is 1.61. The molecule has 100 valence electrons. The van der Waals surface area contributed by atoms with Crippen LogP contribution in [0, 0.1) is 0 Å². The van der Waals surface area contributed by atoms with E-state index in [4.69, 9.17) is 5.84 Å². The highest BCUT2D eigenvalue weighted by Gasteiger charge is 2.12. The van der Waals surface area contributed by atoms with Crippen molar-refractivity contribution >= 4 is 17.5 Å². The third kappa shape index (κ3) is 3.56. The number of rotatable bonds is 6. The lowest BCUT2D eigenvalue weighted by Crippen LogP contribution is -2.36. The van der Waals surface area contributed by atoms with Gasteiger partial charge in [-0.05, 0) is 6.92 Å². The van der Waals surface area contributed by atoms with Crippen molar-refractivity contribution in [3.63, 3.8) is 0 Å². The van der Waals surface area contributed by atoms with Crippen molar-refractivity contribution in [3.05, 3.63) is 11.9 Å². The lowest BCUT2D eigenvalue weighted by atomic mass is 10.3. The minimum absolute atomic E-state index is 0.0595. The molecule has 4 N–H and O–H groups in total. The zero-order valence-electron chi connectivity index (χ0n) is 11.0. The van der Waals surface area contributed by atoms with Gasteiger partial charge in [-0.3, -0.25) is 4.79 Å². The van der Waals surface area contributed by atoms with Gasteiger partial charge < -0.3 is 15.6 Å². The fourth-order valence-electron chi connectivity index (χ4n) is 1.48. The summed E-state index contributed by atoms with van der Waals surface area (Å²) in [6.45, 7) is 4.87. The molecule has 0 aliphatic carbocycles. The molecular formula is C11H20N6O. The first-order valence-electron chi connectivity index (χ1n) is 5.94. The second kappa shape index (κ2) is 6.75. The van der Waals surface area contributed by atoms with Gasteiger partial charge >= 0.3 is 0 Å². The second-order valence-corrected chi connectivity index (χ2v) is 3.71. The zero-order valence-corrected chi connectivity index (χ0v) is 11.0. The van der Waals surface area contributed by atoms with Crippen molar-refractivity contribution in [1.29, 1.82) is 0 Å². The molecule has 0 fully saturated rings. The molecule has 0 aromatic carbocycles.